The van der Waals surface area contributed by atoms with Gasteiger partial charge in [0.15, 0.2) is 0 Å². The minimum atomic E-state index is 0.116. The second-order valence-electron chi connectivity index (χ2n) is 7.17. The van der Waals surface area contributed by atoms with Crippen molar-refractivity contribution in [2.75, 3.05) is 0 Å². The monoisotopic (exact) mass is 347 g/mol. The molecule has 3 aliphatic carbocycles. The van der Waals surface area contributed by atoms with E-state index in [1.807, 2.05) is 0 Å². The highest BCUT2D eigenvalue weighted by atomic mass is 35.5. The Kier molecular flexibility index (Phi) is 4.44. The third-order valence-corrected chi connectivity index (χ3v) is 5.70. The SMILES string of the molecule is O=C(NC1CCC(Oc2ncc(Cl)cn2)CC1)C1CC2C=CC1C2. The number of hydrogen-bond donors (Lipinski definition) is 1. The van der Waals surface area contributed by atoms with Crippen molar-refractivity contribution in [3.05, 3.63) is 29.6 Å². The Morgan fingerprint density at radius 3 is 2.50 bits per heavy atom. The molecule has 2 bridgehead atoms. The van der Waals surface area contributed by atoms with E-state index in [2.05, 4.69) is 27.4 Å². The molecule has 0 aromatic carbocycles. The number of amides is 1. The topological polar surface area (TPSA) is 64.1 Å². The van der Waals surface area contributed by atoms with E-state index in [9.17, 15) is 4.79 Å². The standard InChI is InChI=1S/C18H22ClN3O2/c19-13-9-20-18(21-10-13)24-15-5-3-14(4-6-15)22-17(23)16-8-11-1-2-12(16)7-11/h1-2,9-12,14-16H,3-8H2,(H,22,23). The molecule has 6 heteroatoms. The molecule has 1 amide bonds. The van der Waals surface area contributed by atoms with Crippen LogP contribution in [0.5, 0.6) is 6.01 Å². The Morgan fingerprint density at radius 1 is 1.12 bits per heavy atom. The van der Waals surface area contributed by atoms with Crippen LogP contribution in [0.15, 0.2) is 24.5 Å². The number of allylic oxidation sites excluding steroid dienone is 2. The van der Waals surface area contributed by atoms with E-state index in [1.54, 1.807) is 12.4 Å². The Bertz CT molecular complexity index is 626. The predicted octanol–water partition coefficient (Wildman–Crippen LogP) is 3.15. The number of ether oxygens (including phenoxy) is 1. The van der Waals surface area contributed by atoms with Crippen molar-refractivity contribution in [3.63, 3.8) is 0 Å². The second-order valence-corrected chi connectivity index (χ2v) is 7.61. The maximum atomic E-state index is 12.5. The van der Waals surface area contributed by atoms with Crippen molar-refractivity contribution in [1.82, 2.24) is 15.3 Å². The summed E-state index contributed by atoms with van der Waals surface area (Å²) in [6.45, 7) is 0. The molecule has 0 saturated heterocycles. The van der Waals surface area contributed by atoms with E-state index in [0.29, 0.717) is 22.9 Å². The van der Waals surface area contributed by atoms with E-state index < -0.39 is 0 Å². The smallest absolute Gasteiger partial charge is 0.316 e. The first-order valence-electron chi connectivity index (χ1n) is 8.80. The normalized spacial score (nSPS) is 34.3. The number of aromatic nitrogens is 2. The molecule has 5 nitrogen and oxygen atoms in total. The molecular weight excluding hydrogens is 326 g/mol. The molecule has 0 spiro atoms. The minimum Gasteiger partial charge on any atom is -0.460 e. The van der Waals surface area contributed by atoms with Gasteiger partial charge in [-0.2, -0.15) is 0 Å². The van der Waals surface area contributed by atoms with Crippen LogP contribution in [0.25, 0.3) is 0 Å². The van der Waals surface area contributed by atoms with Crippen LogP contribution in [0.3, 0.4) is 0 Å². The quantitative estimate of drug-likeness (QED) is 0.850. The second kappa shape index (κ2) is 6.71. The fourth-order valence-corrected chi connectivity index (χ4v) is 4.32. The number of carbonyl (C=O) groups is 1. The predicted molar refractivity (Wildman–Crippen MR) is 90.7 cm³/mol. The van der Waals surface area contributed by atoms with Gasteiger partial charge in [-0.3, -0.25) is 4.79 Å². The van der Waals surface area contributed by atoms with Crippen LogP contribution in [0, 0.1) is 17.8 Å². The summed E-state index contributed by atoms with van der Waals surface area (Å²) in [5, 5.41) is 3.76. The number of rotatable bonds is 4. The van der Waals surface area contributed by atoms with Crippen molar-refractivity contribution < 1.29 is 9.53 Å². The van der Waals surface area contributed by atoms with Gasteiger partial charge in [0, 0.05) is 12.0 Å². The Morgan fingerprint density at radius 2 is 1.88 bits per heavy atom. The highest BCUT2D eigenvalue weighted by Crippen LogP contribution is 2.43. The zero-order valence-corrected chi connectivity index (χ0v) is 14.3. The summed E-state index contributed by atoms with van der Waals surface area (Å²) in [6.07, 6.45) is 13.6. The lowest BCUT2D eigenvalue weighted by molar-refractivity contribution is -0.126. The number of carbonyl (C=O) groups excluding carboxylic acids is 1. The summed E-state index contributed by atoms with van der Waals surface area (Å²) in [5.41, 5.74) is 0. The van der Waals surface area contributed by atoms with Crippen molar-refractivity contribution in [1.29, 1.82) is 0 Å². The first kappa shape index (κ1) is 15.9. The number of hydrogen-bond acceptors (Lipinski definition) is 4. The minimum absolute atomic E-state index is 0.116. The van der Waals surface area contributed by atoms with Crippen LogP contribution in [0.4, 0.5) is 0 Å². The third-order valence-electron chi connectivity index (χ3n) is 5.50. The van der Waals surface area contributed by atoms with Gasteiger partial charge < -0.3 is 10.1 Å². The molecule has 3 unspecified atom stereocenters. The lowest BCUT2D eigenvalue weighted by Gasteiger charge is -2.30. The highest BCUT2D eigenvalue weighted by Gasteiger charge is 2.40. The van der Waals surface area contributed by atoms with Gasteiger partial charge in [0.1, 0.15) is 6.10 Å². The number of fused-ring (bicyclic) bond motifs is 2. The summed E-state index contributed by atoms with van der Waals surface area (Å²) < 4.78 is 5.80. The molecule has 3 atom stereocenters. The maximum Gasteiger partial charge on any atom is 0.316 e. The third kappa shape index (κ3) is 3.41. The zero-order valence-electron chi connectivity index (χ0n) is 13.5. The summed E-state index contributed by atoms with van der Waals surface area (Å²) in [6, 6.07) is 0.646. The average Bonchev–Trinajstić information content (AvgIpc) is 3.22. The fourth-order valence-electron chi connectivity index (χ4n) is 4.23. The maximum absolute atomic E-state index is 12.5. The Hall–Kier alpha value is -1.62. The zero-order chi connectivity index (χ0) is 16.5. The van der Waals surface area contributed by atoms with Gasteiger partial charge in [-0.1, -0.05) is 23.8 Å². The van der Waals surface area contributed by atoms with Gasteiger partial charge in [-0.15, -0.1) is 0 Å². The number of halogens is 1. The van der Waals surface area contributed by atoms with Crippen LogP contribution in [-0.2, 0) is 4.79 Å². The van der Waals surface area contributed by atoms with Crippen LogP contribution >= 0.6 is 11.6 Å². The molecular formula is C18H22ClN3O2. The summed E-state index contributed by atoms with van der Waals surface area (Å²) in [5.74, 6) is 1.54. The van der Waals surface area contributed by atoms with Crippen LogP contribution in [0.2, 0.25) is 5.02 Å². The molecule has 2 fully saturated rings. The number of nitrogens with zero attached hydrogens (tertiary/aromatic N) is 2. The van der Waals surface area contributed by atoms with E-state index in [-0.39, 0.29) is 24.0 Å². The lowest BCUT2D eigenvalue weighted by atomic mass is 9.90. The molecule has 4 rings (SSSR count). The van der Waals surface area contributed by atoms with Gasteiger partial charge in [-0.25, -0.2) is 9.97 Å². The van der Waals surface area contributed by atoms with E-state index in [0.717, 1.165) is 32.1 Å². The molecule has 1 aromatic rings. The molecule has 24 heavy (non-hydrogen) atoms. The molecule has 0 radical (unpaired) electrons. The Balaban J connectivity index is 1.23. The van der Waals surface area contributed by atoms with Gasteiger partial charge in [0.2, 0.25) is 5.91 Å². The number of nitrogens with one attached hydrogen (secondary N) is 1. The summed E-state index contributed by atoms with van der Waals surface area (Å²) >= 11 is 5.77. The van der Waals surface area contributed by atoms with Crippen LogP contribution in [0.1, 0.15) is 38.5 Å². The van der Waals surface area contributed by atoms with Crippen molar-refractivity contribution >= 4 is 17.5 Å². The fraction of sp³-hybridized carbons (Fsp3) is 0.611. The first-order chi connectivity index (χ1) is 11.7. The molecule has 0 aliphatic heterocycles. The lowest BCUT2D eigenvalue weighted by Crippen LogP contribution is -2.43. The van der Waals surface area contributed by atoms with Crippen molar-refractivity contribution in [3.8, 4) is 6.01 Å². The molecule has 1 heterocycles. The van der Waals surface area contributed by atoms with Gasteiger partial charge >= 0.3 is 6.01 Å². The molecule has 1 aromatic heterocycles. The van der Waals surface area contributed by atoms with Crippen LogP contribution in [-0.4, -0.2) is 28.0 Å². The molecule has 1 N–H and O–H groups in total. The van der Waals surface area contributed by atoms with E-state index in [4.69, 9.17) is 16.3 Å². The van der Waals surface area contributed by atoms with Gasteiger partial charge in [0.05, 0.1) is 17.4 Å². The summed E-state index contributed by atoms with van der Waals surface area (Å²) in [7, 11) is 0. The molecule has 3 aliphatic rings. The van der Waals surface area contributed by atoms with Crippen molar-refractivity contribution in [2.24, 2.45) is 17.8 Å². The Labute approximate surface area is 146 Å². The van der Waals surface area contributed by atoms with Gasteiger partial charge in [0.25, 0.3) is 0 Å². The average molecular weight is 348 g/mol. The molecule has 2 saturated carbocycles. The van der Waals surface area contributed by atoms with Crippen molar-refractivity contribution in [2.45, 2.75) is 50.7 Å². The van der Waals surface area contributed by atoms with E-state index >= 15 is 0 Å². The first-order valence-corrected chi connectivity index (χ1v) is 9.18. The highest BCUT2D eigenvalue weighted by molar-refractivity contribution is 6.30. The largest absolute Gasteiger partial charge is 0.460 e. The molecule has 128 valence electrons. The summed E-state index contributed by atoms with van der Waals surface area (Å²) in [4.78, 5) is 20.6. The van der Waals surface area contributed by atoms with E-state index in [1.165, 1.54) is 6.42 Å². The van der Waals surface area contributed by atoms with Gasteiger partial charge in [-0.05, 0) is 50.4 Å². The van der Waals surface area contributed by atoms with Crippen LogP contribution < -0.4 is 10.1 Å².